The molecule has 192 valence electrons. The van der Waals surface area contributed by atoms with Crippen LogP contribution in [-0.4, -0.2) is 58.8 Å². The number of carbonyl (C=O) groups is 2. The lowest BCUT2D eigenvalue weighted by molar-refractivity contribution is 0.0648. The number of unbranched alkanes of at least 4 members (excludes halogenated alkanes) is 1. The predicted octanol–water partition coefficient (Wildman–Crippen LogP) is 4.56. The molecule has 4 aliphatic rings. The number of hydrogen-bond donors (Lipinski definition) is 1. The lowest BCUT2D eigenvalue weighted by Crippen LogP contribution is -2.50. The Hall–Kier alpha value is -3.09. The van der Waals surface area contributed by atoms with E-state index in [1.54, 1.807) is 12.1 Å². The van der Waals surface area contributed by atoms with Gasteiger partial charge in [0.1, 0.15) is 0 Å². The second-order valence-corrected chi connectivity index (χ2v) is 10.9. The van der Waals surface area contributed by atoms with Gasteiger partial charge in [0.2, 0.25) is 0 Å². The van der Waals surface area contributed by atoms with Crippen LogP contribution in [0.5, 0.6) is 0 Å². The highest BCUT2D eigenvalue weighted by Gasteiger charge is 2.35. The predicted molar refractivity (Wildman–Crippen MR) is 144 cm³/mol. The van der Waals surface area contributed by atoms with Crippen molar-refractivity contribution in [1.82, 2.24) is 20.1 Å². The third-order valence-electron chi connectivity index (χ3n) is 8.59. The van der Waals surface area contributed by atoms with E-state index in [2.05, 4.69) is 46.7 Å². The molecule has 6 nitrogen and oxygen atoms in total. The van der Waals surface area contributed by atoms with Gasteiger partial charge >= 0.3 is 0 Å². The molecule has 6 heteroatoms. The Balaban J connectivity index is 1.12. The van der Waals surface area contributed by atoms with Gasteiger partial charge in [0, 0.05) is 31.9 Å². The van der Waals surface area contributed by atoms with Crippen LogP contribution in [0.1, 0.15) is 70.1 Å². The van der Waals surface area contributed by atoms with Crippen LogP contribution in [0.2, 0.25) is 0 Å². The van der Waals surface area contributed by atoms with Crippen LogP contribution >= 0.6 is 0 Å². The highest BCUT2D eigenvalue weighted by Crippen LogP contribution is 2.35. The van der Waals surface area contributed by atoms with Gasteiger partial charge in [-0.15, -0.1) is 0 Å². The second-order valence-electron chi connectivity index (χ2n) is 10.9. The van der Waals surface area contributed by atoms with E-state index in [1.165, 1.54) is 22.6 Å². The number of fused-ring (bicyclic) bond motifs is 3. The number of pyridine rings is 1. The maximum atomic E-state index is 12.8. The average Bonchev–Trinajstić information content (AvgIpc) is 3.19. The van der Waals surface area contributed by atoms with Crippen molar-refractivity contribution in [3.8, 4) is 0 Å². The van der Waals surface area contributed by atoms with E-state index in [4.69, 9.17) is 4.98 Å². The minimum atomic E-state index is -0.154. The van der Waals surface area contributed by atoms with E-state index in [9.17, 15) is 9.59 Å². The van der Waals surface area contributed by atoms with Gasteiger partial charge in [-0.2, -0.15) is 0 Å². The molecule has 0 bridgehead atoms. The van der Waals surface area contributed by atoms with Crippen LogP contribution in [0.4, 0.5) is 0 Å². The first-order chi connectivity index (χ1) is 18.2. The third kappa shape index (κ3) is 4.92. The fourth-order valence-electron chi connectivity index (χ4n) is 6.65. The number of nitrogens with one attached hydrogen (secondary N) is 1. The molecule has 0 radical (unpaired) electrons. The topological polar surface area (TPSA) is 65.5 Å². The van der Waals surface area contributed by atoms with Gasteiger partial charge in [-0.1, -0.05) is 42.5 Å². The van der Waals surface area contributed by atoms with Crippen molar-refractivity contribution in [3.63, 3.8) is 0 Å². The van der Waals surface area contributed by atoms with Crippen molar-refractivity contribution in [2.75, 3.05) is 26.2 Å². The summed E-state index contributed by atoms with van der Waals surface area (Å²) in [6.07, 6.45) is 17.3. The Bertz CT molecular complexity index is 1190. The zero-order valence-corrected chi connectivity index (χ0v) is 21.4. The number of piperidine rings is 1. The number of imide groups is 1. The first-order valence-corrected chi connectivity index (χ1v) is 13.9. The summed E-state index contributed by atoms with van der Waals surface area (Å²) in [4.78, 5) is 34.4. The molecule has 1 saturated heterocycles. The maximum Gasteiger partial charge on any atom is 0.261 e. The zero-order valence-electron chi connectivity index (χ0n) is 21.4. The van der Waals surface area contributed by atoms with Crippen LogP contribution in [0, 0.1) is 11.8 Å². The molecule has 0 saturated carbocycles. The number of rotatable bonds is 8. The minimum absolute atomic E-state index is 0.154. The molecule has 2 aliphatic heterocycles. The summed E-state index contributed by atoms with van der Waals surface area (Å²) < 4.78 is 0. The number of carbonyl (C=O) groups excluding carboxylic acids is 2. The van der Waals surface area contributed by atoms with Crippen molar-refractivity contribution in [2.45, 2.75) is 50.6 Å². The molecule has 4 atom stereocenters. The Morgan fingerprint density at radius 3 is 2.57 bits per heavy atom. The van der Waals surface area contributed by atoms with E-state index in [0.717, 1.165) is 51.7 Å². The number of hydrogen-bond acceptors (Lipinski definition) is 5. The van der Waals surface area contributed by atoms with Gasteiger partial charge in [0.05, 0.1) is 22.9 Å². The first kappa shape index (κ1) is 24.3. The van der Waals surface area contributed by atoms with Crippen LogP contribution < -0.4 is 5.32 Å². The number of allylic oxidation sites excluding steroid dienone is 3. The quantitative estimate of drug-likeness (QED) is 0.429. The van der Waals surface area contributed by atoms with E-state index < -0.39 is 0 Å². The lowest BCUT2D eigenvalue weighted by Gasteiger charge is -2.41. The average molecular weight is 497 g/mol. The molecule has 1 aromatic carbocycles. The molecule has 0 spiro atoms. The van der Waals surface area contributed by atoms with Gasteiger partial charge in [0.25, 0.3) is 11.8 Å². The molecule has 1 N–H and O–H groups in total. The monoisotopic (exact) mass is 496 g/mol. The highest BCUT2D eigenvalue weighted by atomic mass is 16.2. The minimum Gasteiger partial charge on any atom is -0.312 e. The van der Waals surface area contributed by atoms with Crippen molar-refractivity contribution in [2.24, 2.45) is 11.8 Å². The van der Waals surface area contributed by atoms with Crippen molar-refractivity contribution < 1.29 is 9.59 Å². The molecule has 2 amide bonds. The Kier molecular flexibility index (Phi) is 7.03. The summed E-state index contributed by atoms with van der Waals surface area (Å²) in [5, 5.41) is 3.82. The van der Waals surface area contributed by atoms with Crippen LogP contribution in [-0.2, 0) is 6.42 Å². The normalized spacial score (nSPS) is 26.4. The molecular formula is C31H36N4O2. The number of amides is 2. The molecule has 1 aromatic heterocycles. The molecular weight excluding hydrogens is 460 g/mol. The van der Waals surface area contributed by atoms with Gasteiger partial charge in [-0.05, 0) is 80.7 Å². The van der Waals surface area contributed by atoms with Gasteiger partial charge in [0.15, 0.2) is 0 Å². The molecule has 37 heavy (non-hydrogen) atoms. The summed E-state index contributed by atoms with van der Waals surface area (Å²) in [6, 6.07) is 12.2. The molecule has 1 fully saturated rings. The smallest absolute Gasteiger partial charge is 0.261 e. The Morgan fingerprint density at radius 2 is 1.76 bits per heavy atom. The fourth-order valence-corrected chi connectivity index (χ4v) is 6.65. The van der Waals surface area contributed by atoms with Crippen molar-refractivity contribution in [1.29, 1.82) is 0 Å². The summed E-state index contributed by atoms with van der Waals surface area (Å²) >= 11 is 0. The molecule has 2 aromatic rings. The summed E-state index contributed by atoms with van der Waals surface area (Å²) in [7, 11) is 0. The van der Waals surface area contributed by atoms with Crippen molar-refractivity contribution >= 4 is 11.8 Å². The van der Waals surface area contributed by atoms with E-state index in [-0.39, 0.29) is 11.8 Å². The fraction of sp³-hybridized carbons (Fsp3) is 0.452. The number of aromatic nitrogens is 1. The van der Waals surface area contributed by atoms with E-state index >= 15 is 0 Å². The molecule has 6 rings (SSSR count). The number of benzene rings is 1. The number of nitrogens with zero attached hydrogens (tertiary/aromatic N) is 3. The lowest BCUT2D eigenvalue weighted by atomic mass is 9.80. The van der Waals surface area contributed by atoms with Gasteiger partial charge in [-0.25, -0.2) is 0 Å². The van der Waals surface area contributed by atoms with Crippen molar-refractivity contribution in [3.05, 3.63) is 89.3 Å². The Labute approximate surface area is 219 Å². The molecule has 3 unspecified atom stereocenters. The SMILES string of the molecule is O=C1c2ccccc2C(=O)N1CCCCN(CC1CC2C=CC=CC2CN1)[C@H]1CCCc2cccnc21. The van der Waals surface area contributed by atoms with Crippen LogP contribution in [0.3, 0.4) is 0 Å². The number of aryl methyl sites for hydroxylation is 1. The third-order valence-corrected chi connectivity index (χ3v) is 8.59. The zero-order chi connectivity index (χ0) is 25.2. The largest absolute Gasteiger partial charge is 0.312 e. The standard InChI is InChI=1S/C31H36N4O2/c36-30-26-13-3-4-14-27(26)31(37)35(30)18-6-5-17-34(28-15-7-11-22-12-8-16-32-29(22)28)21-25-19-23-9-1-2-10-24(23)20-33-25/h1-4,8-10,12-14,16,23-25,28,33H,5-7,11,15,17-21H2/t23?,24?,25?,28-/m0/s1. The van der Waals surface area contributed by atoms with E-state index in [1.807, 2.05) is 18.3 Å². The highest BCUT2D eigenvalue weighted by molar-refractivity contribution is 6.21. The van der Waals surface area contributed by atoms with Gasteiger partial charge < -0.3 is 5.32 Å². The summed E-state index contributed by atoms with van der Waals surface area (Å²) in [6.45, 7) is 3.44. The van der Waals surface area contributed by atoms with Crippen LogP contribution in [0.15, 0.2) is 66.9 Å². The first-order valence-electron chi connectivity index (χ1n) is 13.9. The Morgan fingerprint density at radius 1 is 0.973 bits per heavy atom. The van der Waals surface area contributed by atoms with Gasteiger partial charge in [-0.3, -0.25) is 24.4 Å². The molecule has 3 heterocycles. The van der Waals surface area contributed by atoms with Crippen LogP contribution in [0.25, 0.3) is 0 Å². The second kappa shape index (κ2) is 10.7. The molecule has 2 aliphatic carbocycles. The maximum absolute atomic E-state index is 12.8. The summed E-state index contributed by atoms with van der Waals surface area (Å²) in [5.41, 5.74) is 3.69. The summed E-state index contributed by atoms with van der Waals surface area (Å²) in [5.74, 6) is 0.909. The van der Waals surface area contributed by atoms with E-state index in [0.29, 0.717) is 41.6 Å².